The van der Waals surface area contributed by atoms with Gasteiger partial charge in [0.2, 0.25) is 5.91 Å². The number of ether oxygens (including phenoxy) is 16. The molecule has 3 rings (SSSR count). The van der Waals surface area contributed by atoms with Gasteiger partial charge in [0.15, 0.2) is 12.9 Å². The molecule has 0 aliphatic carbocycles. The molecule has 9 N–H and O–H groups in total. The minimum absolute atomic E-state index is 0.101. The van der Waals surface area contributed by atoms with Crippen molar-refractivity contribution in [3.8, 4) is 16.9 Å². The molecule has 0 saturated carbocycles. The predicted molar refractivity (Wildman–Crippen MR) is 302 cm³/mol. The lowest BCUT2D eigenvalue weighted by molar-refractivity contribution is -0.294. The number of halogens is 3. The van der Waals surface area contributed by atoms with Gasteiger partial charge in [0.1, 0.15) is 24.1 Å². The number of aliphatic hydroxyl groups excluding tert-OH is 3. The molecular formula is C56H91F3N4O24. The summed E-state index contributed by atoms with van der Waals surface area (Å²) >= 11 is 0. The summed E-state index contributed by atoms with van der Waals surface area (Å²) in [5.41, 5.74) is 7.82. The molecule has 87 heavy (non-hydrogen) atoms. The van der Waals surface area contributed by atoms with Crippen LogP contribution in [0.5, 0.6) is 5.75 Å². The zero-order chi connectivity index (χ0) is 63.4. The van der Waals surface area contributed by atoms with E-state index in [9.17, 15) is 42.9 Å². The number of alkyl halides is 3. The van der Waals surface area contributed by atoms with Gasteiger partial charge in [-0.15, -0.1) is 0 Å². The second-order valence-corrected chi connectivity index (χ2v) is 18.2. The van der Waals surface area contributed by atoms with Gasteiger partial charge in [-0.3, -0.25) is 14.4 Å². The van der Waals surface area contributed by atoms with Gasteiger partial charge in [0, 0.05) is 38.2 Å². The zero-order valence-electron chi connectivity index (χ0n) is 49.5. The zero-order valence-corrected chi connectivity index (χ0v) is 49.5. The van der Waals surface area contributed by atoms with Crippen LogP contribution in [0.25, 0.3) is 11.1 Å². The lowest BCUT2D eigenvalue weighted by Gasteiger charge is -2.38. The molecule has 2 aromatic carbocycles. The SMILES string of the molecule is C[C@@H]1O[C@@H](OCCOCCNC(=O)CCOCCOCCOCCOCCOCCOCCOCCOCCOCCOCCOCCOCCNC(=O)COc2ccc(-c3cccc(C(=O)NCCN)c3)cc2)[C@H](O)[C@H](O)[C@H]1O.O=C(O)C(F)(F)F. The molecule has 0 bridgehead atoms. The molecule has 0 spiro atoms. The fourth-order valence-electron chi connectivity index (χ4n) is 6.85. The minimum atomic E-state index is -5.08. The van der Waals surface area contributed by atoms with Crippen LogP contribution in [0.2, 0.25) is 0 Å². The van der Waals surface area contributed by atoms with Gasteiger partial charge in [-0.1, -0.05) is 24.3 Å². The third-order valence-corrected chi connectivity index (χ3v) is 11.4. The third-order valence-electron chi connectivity index (χ3n) is 11.4. The topological polar surface area (TPSA) is 359 Å². The molecule has 0 radical (unpaired) electrons. The Balaban J connectivity index is 0.00000346. The molecule has 500 valence electrons. The Kier molecular flexibility index (Phi) is 46.7. The summed E-state index contributed by atoms with van der Waals surface area (Å²) < 4.78 is 119. The van der Waals surface area contributed by atoms with Crippen LogP contribution in [0.4, 0.5) is 13.2 Å². The molecule has 0 aromatic heterocycles. The summed E-state index contributed by atoms with van der Waals surface area (Å²) in [7, 11) is 0. The Morgan fingerprint density at radius 2 is 0.885 bits per heavy atom. The Morgan fingerprint density at radius 3 is 1.30 bits per heavy atom. The number of aliphatic hydroxyl groups is 3. The Labute approximate surface area is 505 Å². The van der Waals surface area contributed by atoms with E-state index in [0.717, 1.165) is 11.1 Å². The number of carboxylic acid groups (broad SMARTS) is 1. The van der Waals surface area contributed by atoms with Crippen LogP contribution < -0.4 is 26.4 Å². The highest BCUT2D eigenvalue weighted by Crippen LogP contribution is 2.24. The van der Waals surface area contributed by atoms with Crippen molar-refractivity contribution < 1.29 is 129 Å². The van der Waals surface area contributed by atoms with E-state index >= 15 is 0 Å². The third kappa shape index (κ3) is 41.9. The first-order valence-electron chi connectivity index (χ1n) is 28.6. The van der Waals surface area contributed by atoms with Crippen molar-refractivity contribution >= 4 is 23.7 Å². The monoisotopic (exact) mass is 1260 g/mol. The molecule has 1 aliphatic heterocycles. The fourth-order valence-corrected chi connectivity index (χ4v) is 6.85. The molecule has 31 heteroatoms. The first-order valence-corrected chi connectivity index (χ1v) is 28.6. The van der Waals surface area contributed by atoms with Crippen molar-refractivity contribution in [2.24, 2.45) is 5.73 Å². The lowest BCUT2D eigenvalue weighted by atomic mass is 10.0. The number of nitrogens with two attached hydrogens (primary N) is 1. The fraction of sp³-hybridized carbons (Fsp3) is 0.714. The van der Waals surface area contributed by atoms with E-state index in [1.165, 1.54) is 0 Å². The maximum absolute atomic E-state index is 12.3. The average molecular weight is 1260 g/mol. The van der Waals surface area contributed by atoms with Gasteiger partial charge in [-0.05, 0) is 42.3 Å². The van der Waals surface area contributed by atoms with Crippen LogP contribution in [0.1, 0.15) is 23.7 Å². The quantitative estimate of drug-likeness (QED) is 0.0396. The van der Waals surface area contributed by atoms with Crippen LogP contribution >= 0.6 is 0 Å². The molecule has 1 heterocycles. The van der Waals surface area contributed by atoms with E-state index in [-0.39, 0.29) is 57.2 Å². The standard InChI is InChI=1S/C54H90N4O22.C2HF3O2/c1-43-50(61)51(62)52(63)54(80-43)78-40-39-67-15-12-56-48(59)9-14-65-17-19-68-21-23-70-25-27-72-29-31-74-33-35-76-37-38-77-36-34-75-32-30-73-28-26-71-24-22-69-20-18-66-16-13-57-49(60)42-79-47-7-5-44(6-8-47)45-3-2-4-46(41-45)53(64)58-11-10-55;3-2(4,5)1(6)7/h2-8,41,43,50-52,54,61-63H,9-40,42,55H2,1H3,(H,56,59)(H,57,60)(H,58,64);(H,6,7)/t43-,50-,51+,52+,54+;/m0./s1. The molecule has 1 saturated heterocycles. The predicted octanol–water partition coefficient (Wildman–Crippen LogP) is -0.263. The first-order chi connectivity index (χ1) is 42.1. The molecule has 5 atom stereocenters. The number of carbonyl (C=O) groups is 4. The molecule has 1 aliphatic rings. The molecule has 28 nitrogen and oxygen atoms in total. The average Bonchev–Trinajstić information content (AvgIpc) is 2.55. The highest BCUT2D eigenvalue weighted by molar-refractivity contribution is 5.95. The van der Waals surface area contributed by atoms with Crippen molar-refractivity contribution in [1.82, 2.24) is 16.0 Å². The van der Waals surface area contributed by atoms with E-state index in [1.807, 2.05) is 30.3 Å². The van der Waals surface area contributed by atoms with Crippen molar-refractivity contribution in [3.05, 3.63) is 54.1 Å². The number of carbonyl (C=O) groups excluding carboxylic acids is 3. The van der Waals surface area contributed by atoms with Gasteiger partial charge in [0.25, 0.3) is 11.8 Å². The van der Waals surface area contributed by atoms with Crippen molar-refractivity contribution in [2.45, 2.75) is 50.2 Å². The number of aliphatic carboxylic acids is 1. The summed E-state index contributed by atoms with van der Waals surface area (Å²) in [6.45, 7) is 13.6. The van der Waals surface area contributed by atoms with E-state index in [1.54, 1.807) is 25.1 Å². The van der Waals surface area contributed by atoms with E-state index in [4.69, 9.17) is 91.4 Å². The number of amides is 3. The summed E-state index contributed by atoms with van der Waals surface area (Å²) in [5, 5.41) is 44.8. The highest BCUT2D eigenvalue weighted by Gasteiger charge is 2.42. The van der Waals surface area contributed by atoms with Gasteiger partial charge >= 0.3 is 12.1 Å². The van der Waals surface area contributed by atoms with Crippen molar-refractivity contribution in [2.75, 3.05) is 211 Å². The molecule has 3 amide bonds. The summed E-state index contributed by atoms with van der Waals surface area (Å²) in [6, 6.07) is 14.6. The van der Waals surface area contributed by atoms with Crippen LogP contribution in [0.3, 0.4) is 0 Å². The first kappa shape index (κ1) is 78.2. The van der Waals surface area contributed by atoms with Crippen molar-refractivity contribution in [3.63, 3.8) is 0 Å². The summed E-state index contributed by atoms with van der Waals surface area (Å²) in [6.07, 6.45) is -10.5. The summed E-state index contributed by atoms with van der Waals surface area (Å²) in [5.74, 6) is -2.81. The normalized spacial score (nSPS) is 16.7. The molecule has 0 unspecified atom stereocenters. The summed E-state index contributed by atoms with van der Waals surface area (Å²) in [4.78, 5) is 45.3. The Bertz CT molecular complexity index is 2040. The van der Waals surface area contributed by atoms with Crippen LogP contribution in [-0.2, 0) is 85.4 Å². The Hall–Kier alpha value is -4.85. The largest absolute Gasteiger partial charge is 0.490 e. The second kappa shape index (κ2) is 52.0. The number of carboxylic acids is 1. The van der Waals surface area contributed by atoms with Gasteiger partial charge in [-0.2, -0.15) is 13.2 Å². The van der Waals surface area contributed by atoms with Gasteiger partial charge in [-0.25, -0.2) is 4.79 Å². The highest BCUT2D eigenvalue weighted by atomic mass is 19.4. The lowest BCUT2D eigenvalue weighted by Crippen LogP contribution is -2.57. The van der Waals surface area contributed by atoms with Crippen LogP contribution in [0, 0.1) is 0 Å². The maximum Gasteiger partial charge on any atom is 0.490 e. The van der Waals surface area contributed by atoms with E-state index < -0.39 is 42.9 Å². The van der Waals surface area contributed by atoms with Gasteiger partial charge < -0.3 is 118 Å². The van der Waals surface area contributed by atoms with E-state index in [2.05, 4.69) is 16.0 Å². The number of rotatable bonds is 53. The number of hydrogen-bond donors (Lipinski definition) is 8. The van der Waals surface area contributed by atoms with Crippen LogP contribution in [-0.4, -0.2) is 292 Å². The second-order valence-electron chi connectivity index (χ2n) is 18.2. The molecular weight excluding hydrogens is 1170 g/mol. The van der Waals surface area contributed by atoms with E-state index in [0.29, 0.717) is 189 Å². The van der Waals surface area contributed by atoms with Crippen LogP contribution in [0.15, 0.2) is 48.5 Å². The van der Waals surface area contributed by atoms with Gasteiger partial charge in [0.05, 0.1) is 184 Å². The number of hydrogen-bond acceptors (Lipinski definition) is 24. The maximum atomic E-state index is 12.3. The minimum Gasteiger partial charge on any atom is -0.484 e. The smallest absolute Gasteiger partial charge is 0.484 e. The number of benzene rings is 2. The van der Waals surface area contributed by atoms with Crippen molar-refractivity contribution in [1.29, 1.82) is 0 Å². The molecule has 1 fully saturated rings. The Morgan fingerprint density at radius 1 is 0.494 bits per heavy atom. The molecule has 2 aromatic rings. The number of nitrogens with one attached hydrogen (secondary N) is 3.